The quantitative estimate of drug-likeness (QED) is 0.477. The predicted octanol–water partition coefficient (Wildman–Crippen LogP) is 2.64. The highest BCUT2D eigenvalue weighted by atomic mass is 35.5. The SMILES string of the molecule is Cc1nnc(SCC2=C(C(=O)O)N3C(=O)[C@H](NC(=O)c4ccc(Cl)cc4)[C@H]3SC2)s1. The van der Waals surface area contributed by atoms with Gasteiger partial charge in [-0.15, -0.1) is 22.0 Å². The van der Waals surface area contributed by atoms with Gasteiger partial charge in [-0.05, 0) is 36.8 Å². The van der Waals surface area contributed by atoms with Crippen molar-refractivity contribution >= 4 is 64.2 Å². The smallest absolute Gasteiger partial charge is 0.352 e. The van der Waals surface area contributed by atoms with E-state index in [4.69, 9.17) is 11.6 Å². The molecule has 0 saturated carbocycles. The molecule has 2 N–H and O–H groups in total. The van der Waals surface area contributed by atoms with Gasteiger partial charge in [0.15, 0.2) is 4.34 Å². The topological polar surface area (TPSA) is 112 Å². The van der Waals surface area contributed by atoms with E-state index >= 15 is 0 Å². The fourth-order valence-electron chi connectivity index (χ4n) is 3.11. The molecule has 156 valence electrons. The number of β-lactam (4-membered cyclic amide) rings is 1. The average molecular weight is 483 g/mol. The summed E-state index contributed by atoms with van der Waals surface area (Å²) in [6.45, 7) is 1.85. The third kappa shape index (κ3) is 4.07. The first kappa shape index (κ1) is 21.2. The zero-order valence-electron chi connectivity index (χ0n) is 15.5. The van der Waals surface area contributed by atoms with E-state index in [0.29, 0.717) is 27.7 Å². The van der Waals surface area contributed by atoms with Gasteiger partial charge in [-0.25, -0.2) is 4.79 Å². The van der Waals surface area contributed by atoms with Gasteiger partial charge >= 0.3 is 5.97 Å². The third-order valence-corrected chi connectivity index (χ3v) is 8.17. The number of amides is 2. The van der Waals surface area contributed by atoms with Crippen LogP contribution < -0.4 is 5.32 Å². The molecule has 1 saturated heterocycles. The van der Waals surface area contributed by atoms with Crippen molar-refractivity contribution in [1.29, 1.82) is 0 Å². The van der Waals surface area contributed by atoms with E-state index in [1.807, 2.05) is 6.92 Å². The van der Waals surface area contributed by atoms with Crippen molar-refractivity contribution in [2.45, 2.75) is 22.7 Å². The number of aryl methyl sites for hydroxylation is 1. The number of thioether (sulfide) groups is 2. The summed E-state index contributed by atoms with van der Waals surface area (Å²) in [5, 5.41) is 21.3. The van der Waals surface area contributed by atoms with Crippen LogP contribution in [0.15, 0.2) is 39.9 Å². The Morgan fingerprint density at radius 1 is 1.33 bits per heavy atom. The number of fused-ring (bicyclic) bond motifs is 1. The zero-order valence-corrected chi connectivity index (χ0v) is 18.7. The lowest BCUT2D eigenvalue weighted by Gasteiger charge is -2.49. The summed E-state index contributed by atoms with van der Waals surface area (Å²) in [6.07, 6.45) is 0. The van der Waals surface area contributed by atoms with Crippen LogP contribution in [0.4, 0.5) is 0 Å². The molecule has 0 radical (unpaired) electrons. The van der Waals surface area contributed by atoms with Gasteiger partial charge < -0.3 is 10.4 Å². The zero-order chi connectivity index (χ0) is 21.4. The summed E-state index contributed by atoms with van der Waals surface area (Å²) in [5.74, 6) is -1.13. The molecule has 2 aliphatic heterocycles. The molecule has 0 bridgehead atoms. The molecule has 3 heterocycles. The highest BCUT2D eigenvalue weighted by molar-refractivity contribution is 8.01. The van der Waals surface area contributed by atoms with Crippen LogP contribution in [0.1, 0.15) is 15.4 Å². The van der Waals surface area contributed by atoms with Crippen molar-refractivity contribution in [3.63, 3.8) is 0 Å². The number of carbonyl (C=O) groups is 3. The average Bonchev–Trinajstić information content (AvgIpc) is 3.15. The van der Waals surface area contributed by atoms with Gasteiger partial charge in [0.05, 0.1) is 0 Å². The highest BCUT2D eigenvalue weighted by Crippen LogP contribution is 2.41. The minimum absolute atomic E-state index is 0.00511. The van der Waals surface area contributed by atoms with E-state index < -0.39 is 29.2 Å². The van der Waals surface area contributed by atoms with Gasteiger partial charge in [0, 0.05) is 22.1 Å². The summed E-state index contributed by atoms with van der Waals surface area (Å²) in [4.78, 5) is 38.3. The highest BCUT2D eigenvalue weighted by Gasteiger charge is 2.54. The predicted molar refractivity (Wildman–Crippen MR) is 116 cm³/mol. The number of hydrogen-bond acceptors (Lipinski definition) is 8. The molecular formula is C18H15ClN4O4S3. The number of rotatable bonds is 6. The summed E-state index contributed by atoms with van der Waals surface area (Å²) in [6, 6.07) is 5.55. The number of hydrogen-bond donors (Lipinski definition) is 2. The Morgan fingerprint density at radius 2 is 2.07 bits per heavy atom. The second-order valence-electron chi connectivity index (χ2n) is 6.50. The Kier molecular flexibility index (Phi) is 6.05. The van der Waals surface area contributed by atoms with Crippen LogP contribution in [-0.4, -0.2) is 60.9 Å². The minimum atomic E-state index is -1.15. The molecule has 0 unspecified atom stereocenters. The summed E-state index contributed by atoms with van der Waals surface area (Å²) in [7, 11) is 0. The van der Waals surface area contributed by atoms with E-state index in [2.05, 4.69) is 15.5 Å². The van der Waals surface area contributed by atoms with Crippen LogP contribution in [0.2, 0.25) is 5.02 Å². The van der Waals surface area contributed by atoms with Crippen LogP contribution in [0, 0.1) is 6.92 Å². The lowest BCUT2D eigenvalue weighted by Crippen LogP contribution is -2.70. The molecule has 8 nitrogen and oxygen atoms in total. The van der Waals surface area contributed by atoms with Gasteiger partial charge in [0.25, 0.3) is 11.8 Å². The molecular weight excluding hydrogens is 468 g/mol. The second kappa shape index (κ2) is 8.58. The number of carboxylic acids is 1. The molecule has 30 heavy (non-hydrogen) atoms. The van der Waals surface area contributed by atoms with Crippen molar-refractivity contribution < 1.29 is 19.5 Å². The fraction of sp³-hybridized carbons (Fsp3) is 0.278. The van der Waals surface area contributed by atoms with Gasteiger partial charge in [-0.3, -0.25) is 14.5 Å². The summed E-state index contributed by atoms with van der Waals surface area (Å²) in [5.41, 5.74) is 1.02. The van der Waals surface area contributed by atoms with Crippen molar-refractivity contribution in [3.05, 3.63) is 51.1 Å². The Hall–Kier alpha value is -2.08. The fourth-order valence-corrected chi connectivity index (χ4v) is 6.53. The molecule has 4 rings (SSSR count). The molecule has 2 amide bonds. The molecule has 2 atom stereocenters. The summed E-state index contributed by atoms with van der Waals surface area (Å²) >= 11 is 10.1. The van der Waals surface area contributed by atoms with Gasteiger partial charge in [0.1, 0.15) is 22.1 Å². The van der Waals surface area contributed by atoms with Crippen LogP contribution in [0.5, 0.6) is 0 Å². The Balaban J connectivity index is 1.47. The number of carbonyl (C=O) groups excluding carboxylic acids is 2. The Labute approximate surface area is 189 Å². The molecule has 1 aromatic carbocycles. The lowest BCUT2D eigenvalue weighted by molar-refractivity contribution is -0.148. The molecule has 1 aromatic heterocycles. The molecule has 0 aliphatic carbocycles. The van der Waals surface area contributed by atoms with Crippen LogP contribution in [-0.2, 0) is 9.59 Å². The third-order valence-electron chi connectivity index (χ3n) is 4.52. The normalized spacial score (nSPS) is 20.6. The van der Waals surface area contributed by atoms with Crippen LogP contribution in [0.25, 0.3) is 0 Å². The summed E-state index contributed by atoms with van der Waals surface area (Å²) < 4.78 is 0.750. The number of nitrogens with zero attached hydrogens (tertiary/aromatic N) is 3. The van der Waals surface area contributed by atoms with Gasteiger partial charge in [-0.2, -0.15) is 0 Å². The standard InChI is InChI=1S/C18H15ClN4O4S3/c1-8-21-22-18(30-8)29-7-10-6-28-16-12(15(25)23(16)13(10)17(26)27)20-14(24)9-2-4-11(19)5-3-9/h2-5,12,16H,6-7H2,1H3,(H,20,24)(H,26,27)/t12-,16+/m0/s1. The largest absolute Gasteiger partial charge is 0.477 e. The maximum atomic E-state index is 12.7. The van der Waals surface area contributed by atoms with Gasteiger partial charge in [-0.1, -0.05) is 34.7 Å². The van der Waals surface area contributed by atoms with Crippen molar-refractivity contribution in [1.82, 2.24) is 20.4 Å². The van der Waals surface area contributed by atoms with E-state index in [1.54, 1.807) is 24.3 Å². The number of aliphatic carboxylic acids is 1. The Bertz CT molecular complexity index is 1060. The first-order valence-corrected chi connectivity index (χ1v) is 12.0. The van der Waals surface area contributed by atoms with Crippen LogP contribution in [0.3, 0.4) is 0 Å². The minimum Gasteiger partial charge on any atom is -0.477 e. The molecule has 2 aromatic rings. The second-order valence-corrected chi connectivity index (χ2v) is 10.4. The van der Waals surface area contributed by atoms with Crippen LogP contribution >= 0.6 is 46.5 Å². The number of halogens is 1. The number of aromatic nitrogens is 2. The van der Waals surface area contributed by atoms with E-state index in [9.17, 15) is 19.5 Å². The maximum absolute atomic E-state index is 12.7. The molecule has 2 aliphatic rings. The molecule has 12 heteroatoms. The molecule has 1 fully saturated rings. The molecule has 0 spiro atoms. The number of benzene rings is 1. The Morgan fingerprint density at radius 3 is 2.70 bits per heavy atom. The van der Waals surface area contributed by atoms with Crippen molar-refractivity contribution in [2.75, 3.05) is 11.5 Å². The van der Waals surface area contributed by atoms with E-state index in [0.717, 1.165) is 9.35 Å². The lowest BCUT2D eigenvalue weighted by atomic mass is 10.0. The number of nitrogens with one attached hydrogen (secondary N) is 1. The van der Waals surface area contributed by atoms with E-state index in [-0.39, 0.29) is 5.70 Å². The van der Waals surface area contributed by atoms with Crippen molar-refractivity contribution in [2.24, 2.45) is 0 Å². The van der Waals surface area contributed by atoms with Gasteiger partial charge in [0.2, 0.25) is 0 Å². The van der Waals surface area contributed by atoms with E-state index in [1.165, 1.54) is 39.8 Å². The van der Waals surface area contributed by atoms with Crippen molar-refractivity contribution in [3.8, 4) is 0 Å². The monoisotopic (exact) mass is 482 g/mol. The first-order valence-electron chi connectivity index (χ1n) is 8.74. The number of carboxylic acid groups (broad SMARTS) is 1. The maximum Gasteiger partial charge on any atom is 0.352 e. The first-order chi connectivity index (χ1) is 14.3.